The minimum atomic E-state index is -4.81. The molecule has 10 nitrogen and oxygen atoms in total. The number of hydrogen-bond acceptors (Lipinski definition) is 9. The van der Waals surface area contributed by atoms with E-state index in [1.54, 1.807) is 24.4 Å². The summed E-state index contributed by atoms with van der Waals surface area (Å²) in [5, 5.41) is 23.7. The highest BCUT2D eigenvalue weighted by Crippen LogP contribution is 2.42. The van der Waals surface area contributed by atoms with Crippen LogP contribution >= 0.6 is 11.3 Å². The lowest BCUT2D eigenvalue weighted by atomic mass is 9.80. The van der Waals surface area contributed by atoms with Gasteiger partial charge in [0.2, 0.25) is 16.9 Å². The molecule has 1 saturated carbocycles. The molecule has 0 spiro atoms. The van der Waals surface area contributed by atoms with E-state index >= 15 is 0 Å². The van der Waals surface area contributed by atoms with Crippen molar-refractivity contribution in [1.29, 1.82) is 0 Å². The summed E-state index contributed by atoms with van der Waals surface area (Å²) in [6.07, 6.45) is 0.472. The number of amides is 2. The van der Waals surface area contributed by atoms with Crippen LogP contribution in [0.15, 0.2) is 60.8 Å². The minimum absolute atomic E-state index is 0.142. The molecular weight excluding hydrogens is 571 g/mol. The van der Waals surface area contributed by atoms with Crippen LogP contribution in [0.4, 0.5) is 24.1 Å². The molecule has 0 radical (unpaired) electrons. The molecule has 2 N–H and O–H groups in total. The summed E-state index contributed by atoms with van der Waals surface area (Å²) in [4.78, 5) is 29.0. The molecule has 0 aliphatic heterocycles. The predicted octanol–water partition coefficient (Wildman–Crippen LogP) is 5.43. The van der Waals surface area contributed by atoms with Gasteiger partial charge >= 0.3 is 6.36 Å². The Morgan fingerprint density at radius 1 is 0.905 bits per heavy atom. The van der Waals surface area contributed by atoms with Gasteiger partial charge in [-0.1, -0.05) is 36.0 Å². The lowest BCUT2D eigenvalue weighted by molar-refractivity contribution is -0.274. The highest BCUT2D eigenvalue weighted by Gasteiger charge is 2.31. The number of alkyl halides is 3. The number of ether oxygens (including phenoxy) is 1. The number of nitrogens with one attached hydrogen (secondary N) is 2. The second kappa shape index (κ2) is 13.0. The summed E-state index contributed by atoms with van der Waals surface area (Å²) in [5.41, 5.74) is 1.83. The van der Waals surface area contributed by atoms with Gasteiger partial charge in [-0.05, 0) is 61.2 Å². The number of aromatic nitrogens is 5. The quantitative estimate of drug-likeness (QED) is 0.261. The Hall–Kier alpha value is -4.46. The third-order valence-electron chi connectivity index (χ3n) is 6.65. The van der Waals surface area contributed by atoms with Gasteiger partial charge in [0, 0.05) is 23.7 Å². The zero-order chi connectivity index (χ0) is 29.5. The number of carbonyl (C=O) groups excluding carboxylic acids is 2. The number of carbonyl (C=O) groups is 2. The van der Waals surface area contributed by atoms with Crippen LogP contribution in [0.3, 0.4) is 0 Å². The van der Waals surface area contributed by atoms with Gasteiger partial charge < -0.3 is 15.4 Å². The Labute approximate surface area is 242 Å². The Bertz CT molecular complexity index is 1520. The van der Waals surface area contributed by atoms with Crippen molar-refractivity contribution in [2.45, 2.75) is 56.7 Å². The van der Waals surface area contributed by atoms with E-state index in [1.165, 1.54) is 35.6 Å². The number of halogens is 3. The van der Waals surface area contributed by atoms with Crippen molar-refractivity contribution < 1.29 is 27.5 Å². The molecule has 14 heteroatoms. The first-order chi connectivity index (χ1) is 20.2. The van der Waals surface area contributed by atoms with Gasteiger partial charge in [-0.3, -0.25) is 14.6 Å². The first-order valence-corrected chi connectivity index (χ1v) is 14.0. The normalized spacial score (nSPS) is 16.9. The number of hydrogen-bond donors (Lipinski definition) is 2. The van der Waals surface area contributed by atoms with Crippen LogP contribution in [0, 0.1) is 0 Å². The molecule has 218 valence electrons. The molecule has 4 aromatic rings. The second-order valence-electron chi connectivity index (χ2n) is 9.82. The van der Waals surface area contributed by atoms with Crippen molar-refractivity contribution in [3.63, 3.8) is 0 Å². The zero-order valence-corrected chi connectivity index (χ0v) is 23.0. The molecular formula is C28H26F3N7O3S. The molecule has 1 fully saturated rings. The van der Waals surface area contributed by atoms with E-state index in [-0.39, 0.29) is 36.4 Å². The summed E-state index contributed by atoms with van der Waals surface area (Å²) in [5.74, 6) is -0.487. The summed E-state index contributed by atoms with van der Waals surface area (Å²) in [6.45, 7) is 0. The van der Waals surface area contributed by atoms with E-state index in [4.69, 9.17) is 0 Å². The topological polar surface area (TPSA) is 132 Å². The zero-order valence-electron chi connectivity index (χ0n) is 22.2. The molecule has 1 aliphatic carbocycles. The molecule has 1 aliphatic rings. The van der Waals surface area contributed by atoms with Crippen LogP contribution < -0.4 is 15.4 Å². The van der Waals surface area contributed by atoms with Crippen molar-refractivity contribution in [3.8, 4) is 5.75 Å². The lowest BCUT2D eigenvalue weighted by Crippen LogP contribution is -2.18. The van der Waals surface area contributed by atoms with Crippen LogP contribution in [-0.4, -0.2) is 43.6 Å². The minimum Gasteiger partial charge on any atom is -0.406 e. The van der Waals surface area contributed by atoms with Crippen molar-refractivity contribution in [1.82, 2.24) is 25.4 Å². The standard InChI is InChI=1S/C28H26F3N7O3S/c29-28(30,31)41-21-9-3-5-17(13-21)14-24(39)33-23-11-10-22(35-36-23)18-6-4-7-19(15-18)26-37-38-27(42-26)34-25(40)16-20-8-1-2-12-32-20/h1-3,5,8-13,18-19H,4,6-7,14-16H2,(H,33,36,39)(H,34,38,40). The van der Waals surface area contributed by atoms with Crippen molar-refractivity contribution in [2.24, 2.45) is 0 Å². The highest BCUT2D eigenvalue weighted by atomic mass is 32.1. The van der Waals surface area contributed by atoms with Gasteiger partial charge in [0.15, 0.2) is 5.82 Å². The largest absolute Gasteiger partial charge is 0.573 e. The fourth-order valence-corrected chi connectivity index (χ4v) is 5.72. The first kappa shape index (κ1) is 29.0. The molecule has 0 saturated heterocycles. The fraction of sp³-hybridized carbons (Fsp3) is 0.321. The second-order valence-corrected chi connectivity index (χ2v) is 10.8. The summed E-state index contributed by atoms with van der Waals surface area (Å²) in [7, 11) is 0. The maximum atomic E-state index is 12.5. The summed E-state index contributed by atoms with van der Waals surface area (Å²) >= 11 is 1.37. The molecule has 5 rings (SSSR count). The molecule has 3 heterocycles. The smallest absolute Gasteiger partial charge is 0.406 e. The van der Waals surface area contributed by atoms with Gasteiger partial charge in [0.25, 0.3) is 0 Å². The van der Waals surface area contributed by atoms with Gasteiger partial charge in [0.05, 0.1) is 18.5 Å². The van der Waals surface area contributed by atoms with E-state index in [9.17, 15) is 22.8 Å². The van der Waals surface area contributed by atoms with Crippen LogP contribution in [0.1, 0.15) is 59.5 Å². The van der Waals surface area contributed by atoms with Crippen molar-refractivity contribution in [3.05, 3.63) is 82.8 Å². The van der Waals surface area contributed by atoms with Gasteiger partial charge in [-0.25, -0.2) is 0 Å². The number of benzene rings is 1. The average molecular weight is 598 g/mol. The average Bonchev–Trinajstić information content (AvgIpc) is 3.41. The van der Waals surface area contributed by atoms with Crippen LogP contribution in [0.2, 0.25) is 0 Å². The summed E-state index contributed by atoms with van der Waals surface area (Å²) in [6, 6.07) is 14.1. The molecule has 3 aromatic heterocycles. The number of pyridine rings is 1. The predicted molar refractivity (Wildman–Crippen MR) is 148 cm³/mol. The van der Waals surface area contributed by atoms with E-state index in [1.807, 2.05) is 12.1 Å². The van der Waals surface area contributed by atoms with Crippen molar-refractivity contribution >= 4 is 34.1 Å². The first-order valence-electron chi connectivity index (χ1n) is 13.2. The maximum absolute atomic E-state index is 12.5. The molecule has 42 heavy (non-hydrogen) atoms. The number of rotatable bonds is 9. The van der Waals surface area contributed by atoms with E-state index < -0.39 is 18.0 Å². The van der Waals surface area contributed by atoms with Gasteiger partial charge in [-0.15, -0.1) is 28.5 Å². The monoisotopic (exact) mass is 597 g/mol. The van der Waals surface area contributed by atoms with Gasteiger partial charge in [-0.2, -0.15) is 5.10 Å². The Morgan fingerprint density at radius 2 is 1.74 bits per heavy atom. The fourth-order valence-electron chi connectivity index (χ4n) is 4.82. The number of nitrogens with zero attached hydrogens (tertiary/aromatic N) is 5. The molecule has 2 atom stereocenters. The van der Waals surface area contributed by atoms with Crippen LogP contribution in [-0.2, 0) is 22.4 Å². The van der Waals surface area contributed by atoms with E-state index in [2.05, 4.69) is 40.7 Å². The Kier molecular flexibility index (Phi) is 9.00. The van der Waals surface area contributed by atoms with Crippen molar-refractivity contribution in [2.75, 3.05) is 10.6 Å². The molecule has 2 unspecified atom stereocenters. The maximum Gasteiger partial charge on any atom is 0.573 e. The number of anilines is 2. The highest BCUT2D eigenvalue weighted by molar-refractivity contribution is 7.15. The third-order valence-corrected chi connectivity index (χ3v) is 7.65. The molecule has 2 amide bonds. The van der Waals surface area contributed by atoms with Gasteiger partial charge in [0.1, 0.15) is 10.8 Å². The lowest BCUT2D eigenvalue weighted by Gasteiger charge is -2.27. The van der Waals surface area contributed by atoms with Crippen LogP contribution in [0.5, 0.6) is 5.75 Å². The molecule has 1 aromatic carbocycles. The summed E-state index contributed by atoms with van der Waals surface area (Å²) < 4.78 is 41.3. The SMILES string of the molecule is O=C(Cc1cccc(OC(F)(F)F)c1)Nc1ccc(C2CCCC(c3nnc(NC(=O)Cc4ccccn4)s3)C2)nn1. The Balaban J connectivity index is 1.13. The van der Waals surface area contributed by atoms with E-state index in [0.717, 1.165) is 36.4 Å². The Morgan fingerprint density at radius 3 is 2.50 bits per heavy atom. The molecule has 0 bridgehead atoms. The van der Waals surface area contributed by atoms with E-state index in [0.29, 0.717) is 16.4 Å². The third kappa shape index (κ3) is 8.28. The van der Waals surface area contributed by atoms with Crippen LogP contribution in [0.25, 0.3) is 0 Å².